The van der Waals surface area contributed by atoms with Crippen molar-refractivity contribution in [2.24, 2.45) is 0 Å². The number of aromatic nitrogens is 1. The summed E-state index contributed by atoms with van der Waals surface area (Å²) in [6.45, 7) is 4.41. The number of aryl methyl sites for hydroxylation is 1. The highest BCUT2D eigenvalue weighted by Crippen LogP contribution is 2.35. The quantitative estimate of drug-likeness (QED) is 0.827. The molecule has 0 spiro atoms. The lowest BCUT2D eigenvalue weighted by atomic mass is 9.96. The molecule has 0 aliphatic carbocycles. The first kappa shape index (κ1) is 18.2. The van der Waals surface area contributed by atoms with Gasteiger partial charge in [-0.05, 0) is 63.5 Å². The van der Waals surface area contributed by atoms with Gasteiger partial charge in [0.25, 0.3) is 0 Å². The predicted octanol–water partition coefficient (Wildman–Crippen LogP) is 3.04. The van der Waals surface area contributed by atoms with E-state index in [0.29, 0.717) is 6.61 Å². The molecule has 6 heteroatoms. The maximum Gasteiger partial charge on any atom is 0.125 e. The molecule has 1 saturated heterocycles. The third-order valence-corrected chi connectivity index (χ3v) is 6.02. The topological polar surface area (TPSA) is 63.6 Å². The standard InChI is InChI=1S/C19H26N2O3S/c1-14-17(8-13-24-16-6-4-15(23-2)5-7-16)25-18(21-14)19(22)9-3-11-20-12-10-19/h4-7,20,22H,3,8-13H2,1-2H3/t19-/m1/s1. The van der Waals surface area contributed by atoms with Crippen LogP contribution in [0.5, 0.6) is 11.5 Å². The van der Waals surface area contributed by atoms with Crippen molar-refractivity contribution in [1.29, 1.82) is 0 Å². The van der Waals surface area contributed by atoms with Gasteiger partial charge in [0.1, 0.15) is 22.1 Å². The Morgan fingerprint density at radius 2 is 1.96 bits per heavy atom. The van der Waals surface area contributed by atoms with Gasteiger partial charge in [0.05, 0.1) is 19.4 Å². The summed E-state index contributed by atoms with van der Waals surface area (Å²) in [4.78, 5) is 5.85. The Bertz CT molecular complexity index is 676. The Hall–Kier alpha value is -1.63. The molecule has 2 aromatic rings. The largest absolute Gasteiger partial charge is 0.497 e. The maximum atomic E-state index is 11.0. The number of hydrogen-bond acceptors (Lipinski definition) is 6. The van der Waals surface area contributed by atoms with Crippen LogP contribution in [-0.2, 0) is 12.0 Å². The summed E-state index contributed by atoms with van der Waals surface area (Å²) in [6, 6.07) is 7.60. The SMILES string of the molecule is COc1ccc(OCCc2sc([C@@]3(O)CCCNCC3)nc2C)cc1. The van der Waals surface area contributed by atoms with Gasteiger partial charge in [-0.25, -0.2) is 4.98 Å². The summed E-state index contributed by atoms with van der Waals surface area (Å²) in [7, 11) is 1.65. The van der Waals surface area contributed by atoms with Crippen molar-refractivity contribution in [3.63, 3.8) is 0 Å². The van der Waals surface area contributed by atoms with E-state index in [1.807, 2.05) is 31.2 Å². The molecule has 0 bridgehead atoms. The molecule has 0 amide bonds. The molecule has 1 aliphatic heterocycles. The van der Waals surface area contributed by atoms with Gasteiger partial charge in [-0.1, -0.05) is 0 Å². The smallest absolute Gasteiger partial charge is 0.125 e. The minimum atomic E-state index is -0.784. The summed E-state index contributed by atoms with van der Waals surface area (Å²) in [5, 5.41) is 15.2. The van der Waals surface area contributed by atoms with Gasteiger partial charge in [-0.2, -0.15) is 0 Å². The Kier molecular flexibility index (Phi) is 5.93. The first-order valence-corrected chi connectivity index (χ1v) is 9.59. The second-order valence-electron chi connectivity index (χ2n) is 6.44. The van der Waals surface area contributed by atoms with Crippen molar-refractivity contribution < 1.29 is 14.6 Å². The van der Waals surface area contributed by atoms with Gasteiger partial charge >= 0.3 is 0 Å². The number of nitrogens with one attached hydrogen (secondary N) is 1. The number of nitrogens with zero attached hydrogens (tertiary/aromatic N) is 1. The van der Waals surface area contributed by atoms with E-state index >= 15 is 0 Å². The minimum absolute atomic E-state index is 0.592. The third-order valence-electron chi connectivity index (χ3n) is 4.61. The highest BCUT2D eigenvalue weighted by molar-refractivity contribution is 7.11. The number of thiazole rings is 1. The lowest BCUT2D eigenvalue weighted by molar-refractivity contribution is 0.0237. The molecule has 1 aromatic carbocycles. The van der Waals surface area contributed by atoms with E-state index in [4.69, 9.17) is 9.47 Å². The molecule has 25 heavy (non-hydrogen) atoms. The van der Waals surface area contributed by atoms with E-state index in [2.05, 4.69) is 10.3 Å². The van der Waals surface area contributed by atoms with E-state index in [0.717, 1.165) is 61.0 Å². The molecule has 1 aromatic heterocycles. The summed E-state index contributed by atoms with van der Waals surface area (Å²) in [5.74, 6) is 1.65. The molecule has 1 atom stereocenters. The zero-order chi connectivity index (χ0) is 17.7. The van der Waals surface area contributed by atoms with E-state index in [1.165, 1.54) is 4.88 Å². The Balaban J connectivity index is 1.60. The molecule has 3 rings (SSSR count). The molecular formula is C19H26N2O3S. The van der Waals surface area contributed by atoms with Crippen LogP contribution in [-0.4, -0.2) is 36.9 Å². The zero-order valence-corrected chi connectivity index (χ0v) is 15.7. The number of methoxy groups -OCH3 is 1. The fourth-order valence-electron chi connectivity index (χ4n) is 3.06. The van der Waals surface area contributed by atoms with Gasteiger partial charge in [0, 0.05) is 11.3 Å². The van der Waals surface area contributed by atoms with Crippen LogP contribution < -0.4 is 14.8 Å². The highest BCUT2D eigenvalue weighted by Gasteiger charge is 2.33. The molecule has 0 saturated carbocycles. The average Bonchev–Trinajstić information content (AvgIpc) is 2.85. The van der Waals surface area contributed by atoms with Crippen LogP contribution in [0.15, 0.2) is 24.3 Å². The molecule has 1 aliphatic rings. The molecule has 1 fully saturated rings. The number of aliphatic hydroxyl groups is 1. The Morgan fingerprint density at radius 1 is 1.20 bits per heavy atom. The van der Waals surface area contributed by atoms with Crippen LogP contribution in [0.2, 0.25) is 0 Å². The molecule has 5 nitrogen and oxygen atoms in total. The molecular weight excluding hydrogens is 336 g/mol. The second kappa shape index (κ2) is 8.17. The molecule has 0 radical (unpaired) electrons. The Labute approximate surface area is 153 Å². The number of hydrogen-bond donors (Lipinski definition) is 2. The summed E-state index contributed by atoms with van der Waals surface area (Å²) in [5.41, 5.74) is 0.220. The van der Waals surface area contributed by atoms with Crippen molar-refractivity contribution in [2.75, 3.05) is 26.8 Å². The van der Waals surface area contributed by atoms with Crippen molar-refractivity contribution >= 4 is 11.3 Å². The second-order valence-corrected chi connectivity index (χ2v) is 7.52. The fourth-order valence-corrected chi connectivity index (χ4v) is 4.25. The van der Waals surface area contributed by atoms with E-state index in [-0.39, 0.29) is 0 Å². The minimum Gasteiger partial charge on any atom is -0.497 e. The zero-order valence-electron chi connectivity index (χ0n) is 14.9. The first-order valence-electron chi connectivity index (χ1n) is 8.77. The lowest BCUT2D eigenvalue weighted by Gasteiger charge is -2.23. The van der Waals surface area contributed by atoms with Crippen LogP contribution in [0, 0.1) is 6.92 Å². The van der Waals surface area contributed by atoms with Crippen LogP contribution in [0.25, 0.3) is 0 Å². The molecule has 2 N–H and O–H groups in total. The van der Waals surface area contributed by atoms with Crippen LogP contribution in [0.3, 0.4) is 0 Å². The van der Waals surface area contributed by atoms with Gasteiger partial charge in [0.15, 0.2) is 0 Å². The maximum absolute atomic E-state index is 11.0. The van der Waals surface area contributed by atoms with Crippen molar-refractivity contribution in [3.8, 4) is 11.5 Å². The van der Waals surface area contributed by atoms with Gasteiger partial charge < -0.3 is 19.9 Å². The lowest BCUT2D eigenvalue weighted by Crippen LogP contribution is -2.27. The van der Waals surface area contributed by atoms with Crippen LogP contribution in [0.1, 0.15) is 34.8 Å². The molecule has 0 unspecified atom stereocenters. The predicted molar refractivity (Wildman–Crippen MR) is 99.7 cm³/mol. The number of ether oxygens (including phenoxy) is 2. The van der Waals surface area contributed by atoms with Crippen molar-refractivity contribution in [2.45, 2.75) is 38.2 Å². The average molecular weight is 362 g/mol. The van der Waals surface area contributed by atoms with Crippen LogP contribution in [0.4, 0.5) is 0 Å². The number of rotatable bonds is 6. The highest BCUT2D eigenvalue weighted by atomic mass is 32.1. The number of benzene rings is 1. The molecule has 136 valence electrons. The van der Waals surface area contributed by atoms with E-state index in [1.54, 1.807) is 18.4 Å². The third kappa shape index (κ3) is 4.51. The van der Waals surface area contributed by atoms with E-state index in [9.17, 15) is 5.11 Å². The van der Waals surface area contributed by atoms with Crippen LogP contribution >= 0.6 is 11.3 Å². The van der Waals surface area contributed by atoms with Gasteiger partial charge in [0.2, 0.25) is 0 Å². The first-order chi connectivity index (χ1) is 12.1. The van der Waals surface area contributed by atoms with Gasteiger partial charge in [-0.15, -0.1) is 11.3 Å². The van der Waals surface area contributed by atoms with Crippen molar-refractivity contribution in [3.05, 3.63) is 39.8 Å². The van der Waals surface area contributed by atoms with Crippen molar-refractivity contribution in [1.82, 2.24) is 10.3 Å². The normalized spacial score (nSPS) is 20.9. The summed E-state index contributed by atoms with van der Waals surface area (Å²) in [6.07, 6.45) is 3.27. The summed E-state index contributed by atoms with van der Waals surface area (Å²) < 4.78 is 11.0. The molecule has 2 heterocycles. The summed E-state index contributed by atoms with van der Waals surface area (Å²) >= 11 is 1.63. The van der Waals surface area contributed by atoms with Gasteiger partial charge in [-0.3, -0.25) is 0 Å². The Morgan fingerprint density at radius 3 is 2.72 bits per heavy atom. The van der Waals surface area contributed by atoms with E-state index < -0.39 is 5.60 Å². The monoisotopic (exact) mass is 362 g/mol. The fraction of sp³-hybridized carbons (Fsp3) is 0.526.